The lowest BCUT2D eigenvalue weighted by atomic mass is 10.1. The number of rotatable bonds is 3. The summed E-state index contributed by atoms with van der Waals surface area (Å²) in [4.78, 5) is 20.9. The Labute approximate surface area is 141 Å². The monoisotopic (exact) mass is 355 g/mol. The molecule has 0 spiro atoms. The zero-order valence-corrected chi connectivity index (χ0v) is 13.1. The average Bonchev–Trinajstić information content (AvgIpc) is 2.54. The van der Waals surface area contributed by atoms with Crippen molar-refractivity contribution in [1.82, 2.24) is 0 Å². The van der Waals surface area contributed by atoms with Crippen LogP contribution >= 0.6 is 0 Å². The molecule has 0 bridgehead atoms. The van der Waals surface area contributed by atoms with Gasteiger partial charge in [0.2, 0.25) is 0 Å². The Morgan fingerprint density at radius 1 is 0.920 bits per heavy atom. The number of halogens is 3. The van der Waals surface area contributed by atoms with Gasteiger partial charge in [0, 0.05) is 6.04 Å². The molecule has 2 aromatic carbocycles. The molecule has 8 heteroatoms. The van der Waals surface area contributed by atoms with E-state index in [1.165, 1.54) is 36.4 Å². The van der Waals surface area contributed by atoms with Gasteiger partial charge in [-0.1, -0.05) is 24.3 Å². The quantitative estimate of drug-likeness (QED) is 0.777. The van der Waals surface area contributed by atoms with Crippen LogP contribution in [0.15, 0.2) is 48.5 Å². The highest BCUT2D eigenvalue weighted by Gasteiger charge is 2.29. The van der Waals surface area contributed by atoms with E-state index in [1.54, 1.807) is 6.92 Å². The molecule has 2 aromatic rings. The second kappa shape index (κ2) is 8.29. The minimum Gasteiger partial charge on any atom is -0.478 e. The first kappa shape index (κ1) is 20.2. The van der Waals surface area contributed by atoms with Crippen molar-refractivity contribution in [2.24, 2.45) is 5.73 Å². The minimum atomic E-state index is -4.27. The smallest absolute Gasteiger partial charge is 0.416 e. The van der Waals surface area contributed by atoms with Crippen LogP contribution in [0.4, 0.5) is 13.2 Å². The number of carboxylic acid groups (broad SMARTS) is 2. The molecule has 2 rings (SSSR count). The molecule has 0 aliphatic heterocycles. The van der Waals surface area contributed by atoms with Crippen LogP contribution < -0.4 is 5.73 Å². The molecule has 1 atom stereocenters. The van der Waals surface area contributed by atoms with Crippen LogP contribution in [0.1, 0.15) is 44.8 Å². The Morgan fingerprint density at radius 3 is 1.60 bits per heavy atom. The number of nitrogens with two attached hydrogens (primary N) is 1. The van der Waals surface area contributed by atoms with E-state index in [0.29, 0.717) is 5.56 Å². The van der Waals surface area contributed by atoms with Crippen molar-refractivity contribution >= 4 is 11.9 Å². The van der Waals surface area contributed by atoms with E-state index in [0.717, 1.165) is 12.1 Å². The number of hydrogen-bond acceptors (Lipinski definition) is 3. The molecule has 5 nitrogen and oxygen atoms in total. The van der Waals surface area contributed by atoms with Gasteiger partial charge in [-0.2, -0.15) is 13.2 Å². The maximum absolute atomic E-state index is 12.1. The Hall–Kier alpha value is -2.87. The van der Waals surface area contributed by atoms with Gasteiger partial charge in [-0.25, -0.2) is 9.59 Å². The molecule has 0 fully saturated rings. The van der Waals surface area contributed by atoms with Crippen LogP contribution in [0, 0.1) is 0 Å². The fourth-order valence-electron chi connectivity index (χ4n) is 1.83. The van der Waals surface area contributed by atoms with E-state index < -0.39 is 23.7 Å². The summed E-state index contributed by atoms with van der Waals surface area (Å²) in [5, 5.41) is 17.1. The Kier molecular flexibility index (Phi) is 6.69. The highest BCUT2D eigenvalue weighted by atomic mass is 19.4. The first-order valence-electron chi connectivity index (χ1n) is 7.02. The van der Waals surface area contributed by atoms with Crippen molar-refractivity contribution in [1.29, 1.82) is 0 Å². The van der Waals surface area contributed by atoms with Gasteiger partial charge in [-0.3, -0.25) is 0 Å². The van der Waals surface area contributed by atoms with Gasteiger partial charge in [0.1, 0.15) is 0 Å². The zero-order chi connectivity index (χ0) is 19.2. The average molecular weight is 355 g/mol. The molecule has 0 saturated carbocycles. The van der Waals surface area contributed by atoms with Crippen LogP contribution in [0.2, 0.25) is 0 Å². The Balaban J connectivity index is 0.000000251. The lowest BCUT2D eigenvalue weighted by molar-refractivity contribution is -0.137. The van der Waals surface area contributed by atoms with Crippen LogP contribution in [0.25, 0.3) is 0 Å². The summed E-state index contributed by atoms with van der Waals surface area (Å²) < 4.78 is 36.3. The summed E-state index contributed by atoms with van der Waals surface area (Å²) in [5.74, 6) is -2.46. The largest absolute Gasteiger partial charge is 0.478 e. The molecule has 0 aliphatic rings. The van der Waals surface area contributed by atoms with Gasteiger partial charge in [0.15, 0.2) is 0 Å². The summed E-state index contributed by atoms with van der Waals surface area (Å²) in [5.41, 5.74) is 5.17. The Morgan fingerprint density at radius 2 is 1.32 bits per heavy atom. The molecule has 0 amide bonds. The van der Waals surface area contributed by atoms with E-state index in [1.807, 2.05) is 0 Å². The summed E-state index contributed by atoms with van der Waals surface area (Å²) in [7, 11) is 0. The summed E-state index contributed by atoms with van der Waals surface area (Å²) >= 11 is 0. The fraction of sp³-hybridized carbons (Fsp3) is 0.176. The van der Waals surface area contributed by atoms with E-state index in [-0.39, 0.29) is 17.2 Å². The SMILES string of the molecule is C[C@@H](N)c1ccc(C(F)(F)F)cc1.O=C(O)c1ccccc1C(=O)O. The van der Waals surface area contributed by atoms with Crippen molar-refractivity contribution in [2.75, 3.05) is 0 Å². The number of carboxylic acids is 2. The predicted octanol–water partition coefficient (Wildman–Crippen LogP) is 3.81. The first-order chi connectivity index (χ1) is 11.5. The standard InChI is InChI=1S/C9H10F3N.C8H6O4/c1-6(13)7-2-4-8(5-3-7)9(10,11)12;9-7(10)5-3-1-2-4-6(5)8(11)12/h2-6H,13H2,1H3;1-4H,(H,9,10)(H,11,12)/t6-;/m1./s1. The van der Waals surface area contributed by atoms with Crippen LogP contribution in [0.3, 0.4) is 0 Å². The molecule has 134 valence electrons. The lowest BCUT2D eigenvalue weighted by Crippen LogP contribution is -2.07. The molecule has 0 aromatic heterocycles. The molecule has 0 radical (unpaired) electrons. The molecule has 0 unspecified atom stereocenters. The fourth-order valence-corrected chi connectivity index (χ4v) is 1.83. The number of aromatic carboxylic acids is 2. The molecule has 25 heavy (non-hydrogen) atoms. The summed E-state index contributed by atoms with van der Waals surface area (Å²) in [6.07, 6.45) is -4.27. The van der Waals surface area contributed by atoms with Crippen LogP contribution in [-0.2, 0) is 6.18 Å². The second-order valence-electron chi connectivity index (χ2n) is 5.06. The number of hydrogen-bond donors (Lipinski definition) is 3. The molecule has 0 saturated heterocycles. The number of alkyl halides is 3. The third-order valence-corrected chi connectivity index (χ3v) is 3.15. The topological polar surface area (TPSA) is 101 Å². The van der Waals surface area contributed by atoms with E-state index in [4.69, 9.17) is 15.9 Å². The second-order valence-corrected chi connectivity index (χ2v) is 5.06. The van der Waals surface area contributed by atoms with Crippen LogP contribution in [-0.4, -0.2) is 22.2 Å². The van der Waals surface area contributed by atoms with E-state index >= 15 is 0 Å². The van der Waals surface area contributed by atoms with Gasteiger partial charge in [0.05, 0.1) is 16.7 Å². The summed E-state index contributed by atoms with van der Waals surface area (Å²) in [6, 6.07) is 10.1. The van der Waals surface area contributed by atoms with Gasteiger partial charge >= 0.3 is 18.1 Å². The lowest BCUT2D eigenvalue weighted by Gasteiger charge is -2.09. The van der Waals surface area contributed by atoms with E-state index in [9.17, 15) is 22.8 Å². The Bertz CT molecular complexity index is 707. The maximum Gasteiger partial charge on any atom is 0.416 e. The van der Waals surface area contributed by atoms with Crippen molar-refractivity contribution in [3.05, 3.63) is 70.8 Å². The normalized spacial score (nSPS) is 11.9. The molecule has 4 N–H and O–H groups in total. The van der Waals surface area contributed by atoms with Gasteiger partial charge in [0.25, 0.3) is 0 Å². The van der Waals surface area contributed by atoms with Gasteiger partial charge in [-0.05, 0) is 36.8 Å². The van der Waals surface area contributed by atoms with Crippen LogP contribution in [0.5, 0.6) is 0 Å². The van der Waals surface area contributed by atoms with Crippen molar-refractivity contribution in [3.8, 4) is 0 Å². The number of benzene rings is 2. The van der Waals surface area contributed by atoms with E-state index in [2.05, 4.69) is 0 Å². The van der Waals surface area contributed by atoms with Crippen molar-refractivity contribution < 1.29 is 33.0 Å². The molecular weight excluding hydrogens is 339 g/mol. The van der Waals surface area contributed by atoms with Crippen molar-refractivity contribution in [2.45, 2.75) is 19.1 Å². The third-order valence-electron chi connectivity index (χ3n) is 3.15. The molecule has 0 heterocycles. The van der Waals surface area contributed by atoms with Crippen molar-refractivity contribution in [3.63, 3.8) is 0 Å². The predicted molar refractivity (Wildman–Crippen MR) is 84.4 cm³/mol. The molecule has 0 aliphatic carbocycles. The van der Waals surface area contributed by atoms with Gasteiger partial charge < -0.3 is 15.9 Å². The van der Waals surface area contributed by atoms with Gasteiger partial charge in [-0.15, -0.1) is 0 Å². The molecular formula is C17H16F3NO4. The maximum atomic E-state index is 12.1. The highest BCUT2D eigenvalue weighted by Crippen LogP contribution is 2.29. The minimum absolute atomic E-state index is 0.190. The number of carbonyl (C=O) groups is 2. The zero-order valence-electron chi connectivity index (χ0n) is 13.1. The summed E-state index contributed by atoms with van der Waals surface area (Å²) in [6.45, 7) is 1.72. The third kappa shape index (κ3) is 5.92. The first-order valence-corrected chi connectivity index (χ1v) is 7.02. The highest BCUT2D eigenvalue weighted by molar-refractivity contribution is 6.01.